The van der Waals surface area contributed by atoms with Gasteiger partial charge in [0.25, 0.3) is 0 Å². The summed E-state index contributed by atoms with van der Waals surface area (Å²) < 4.78 is 31.9. The van der Waals surface area contributed by atoms with Gasteiger partial charge < -0.3 is 9.84 Å². The molecule has 0 aliphatic carbocycles. The fraction of sp³-hybridized carbons (Fsp3) is 0.125. The molecule has 2 aromatic rings. The van der Waals surface area contributed by atoms with E-state index in [1.165, 1.54) is 6.07 Å². The second kappa shape index (κ2) is 6.69. The molecule has 0 saturated carbocycles. The van der Waals surface area contributed by atoms with E-state index < -0.39 is 11.6 Å². The third kappa shape index (κ3) is 3.56. The van der Waals surface area contributed by atoms with Crippen molar-refractivity contribution in [2.45, 2.75) is 6.61 Å². The van der Waals surface area contributed by atoms with Gasteiger partial charge in [0, 0.05) is 5.56 Å². The first kappa shape index (κ1) is 14.0. The summed E-state index contributed by atoms with van der Waals surface area (Å²) in [7, 11) is 0. The van der Waals surface area contributed by atoms with Crippen LogP contribution < -0.4 is 4.74 Å². The summed E-state index contributed by atoms with van der Waals surface area (Å²) in [5, 5.41) is 8.63. The van der Waals surface area contributed by atoms with E-state index in [1.807, 2.05) is 0 Å². The molecule has 0 radical (unpaired) electrons. The van der Waals surface area contributed by atoms with Gasteiger partial charge in [-0.15, -0.1) is 0 Å². The second-order valence-corrected chi connectivity index (χ2v) is 4.00. The summed E-state index contributed by atoms with van der Waals surface area (Å²) in [5.41, 5.74) is 1.44. The van der Waals surface area contributed by atoms with Crippen LogP contribution in [0.2, 0.25) is 0 Å². The van der Waals surface area contributed by atoms with E-state index in [0.717, 1.165) is 17.7 Å². The molecule has 1 N–H and O–H groups in total. The maximum absolute atomic E-state index is 13.4. The zero-order chi connectivity index (χ0) is 14.4. The Morgan fingerprint density at radius 3 is 2.45 bits per heavy atom. The Labute approximate surface area is 115 Å². The van der Waals surface area contributed by atoms with Gasteiger partial charge in [-0.05, 0) is 29.8 Å². The van der Waals surface area contributed by atoms with Crippen LogP contribution in [0.25, 0.3) is 0 Å². The fourth-order valence-electron chi connectivity index (χ4n) is 1.66. The number of hydrogen-bond donors (Lipinski definition) is 1. The lowest BCUT2D eigenvalue weighted by Gasteiger charge is -2.08. The summed E-state index contributed by atoms with van der Waals surface area (Å²) in [6, 6.07) is 10.6. The van der Waals surface area contributed by atoms with E-state index in [9.17, 15) is 8.78 Å². The van der Waals surface area contributed by atoms with Gasteiger partial charge in [-0.25, -0.2) is 8.78 Å². The highest BCUT2D eigenvalue weighted by atomic mass is 19.1. The van der Waals surface area contributed by atoms with Crippen LogP contribution in [0, 0.1) is 23.5 Å². The average Bonchev–Trinajstić information content (AvgIpc) is 2.45. The molecule has 0 aliphatic heterocycles. The first-order valence-corrected chi connectivity index (χ1v) is 5.96. The number of para-hydroxylation sites is 1. The second-order valence-electron chi connectivity index (χ2n) is 4.00. The number of hydrogen-bond acceptors (Lipinski definition) is 2. The van der Waals surface area contributed by atoms with Crippen LogP contribution in [0.3, 0.4) is 0 Å². The van der Waals surface area contributed by atoms with Crippen LogP contribution >= 0.6 is 0 Å². The molecule has 0 aliphatic rings. The topological polar surface area (TPSA) is 29.5 Å². The maximum atomic E-state index is 13.4. The average molecular weight is 274 g/mol. The quantitative estimate of drug-likeness (QED) is 0.872. The standard InChI is InChI=1S/C16H12F2O2/c17-14-7-2-8-15(18)16(14)20-11-13-5-1-4-12(10-13)6-3-9-19/h1-2,4-5,7-8,10,19H,9,11H2. The van der Waals surface area contributed by atoms with E-state index in [-0.39, 0.29) is 19.0 Å². The van der Waals surface area contributed by atoms with Crippen LogP contribution in [0.1, 0.15) is 11.1 Å². The van der Waals surface area contributed by atoms with Crippen molar-refractivity contribution >= 4 is 0 Å². The SMILES string of the molecule is OCC#Cc1cccc(COc2c(F)cccc2F)c1. The van der Waals surface area contributed by atoms with Crippen molar-refractivity contribution in [3.05, 3.63) is 65.2 Å². The summed E-state index contributed by atoms with van der Waals surface area (Å²) in [5.74, 6) is 3.42. The molecule has 2 aromatic carbocycles. The Bertz CT molecular complexity index is 637. The van der Waals surface area contributed by atoms with Crippen molar-refractivity contribution in [3.8, 4) is 17.6 Å². The van der Waals surface area contributed by atoms with Gasteiger partial charge in [-0.2, -0.15) is 0 Å². The Balaban J connectivity index is 2.11. The predicted molar refractivity (Wildman–Crippen MR) is 71.1 cm³/mol. The molecule has 4 heteroatoms. The number of rotatable bonds is 3. The molecule has 0 fully saturated rings. The zero-order valence-corrected chi connectivity index (χ0v) is 10.6. The third-order valence-corrected chi connectivity index (χ3v) is 2.54. The highest BCUT2D eigenvalue weighted by Crippen LogP contribution is 2.22. The van der Waals surface area contributed by atoms with Crippen molar-refractivity contribution in [2.24, 2.45) is 0 Å². The van der Waals surface area contributed by atoms with Crippen molar-refractivity contribution in [1.82, 2.24) is 0 Å². The van der Waals surface area contributed by atoms with Crippen molar-refractivity contribution in [1.29, 1.82) is 0 Å². The largest absolute Gasteiger partial charge is 0.483 e. The summed E-state index contributed by atoms with van der Waals surface area (Å²) in [6.07, 6.45) is 0. The molecule has 0 bridgehead atoms. The predicted octanol–water partition coefficient (Wildman–Crippen LogP) is 2.89. The van der Waals surface area contributed by atoms with E-state index in [0.29, 0.717) is 5.56 Å². The van der Waals surface area contributed by atoms with E-state index in [1.54, 1.807) is 24.3 Å². The van der Waals surface area contributed by atoms with Gasteiger partial charge in [0.05, 0.1) is 0 Å². The van der Waals surface area contributed by atoms with Gasteiger partial charge in [-0.1, -0.05) is 30.0 Å². The Morgan fingerprint density at radius 2 is 1.75 bits per heavy atom. The van der Waals surface area contributed by atoms with Gasteiger partial charge in [0.15, 0.2) is 17.4 Å². The van der Waals surface area contributed by atoms with Crippen LogP contribution in [0.4, 0.5) is 8.78 Å². The van der Waals surface area contributed by atoms with Gasteiger partial charge >= 0.3 is 0 Å². The van der Waals surface area contributed by atoms with Crippen molar-refractivity contribution < 1.29 is 18.6 Å². The fourth-order valence-corrected chi connectivity index (χ4v) is 1.66. The molecule has 0 spiro atoms. The normalized spacial score (nSPS) is 9.75. The minimum absolute atomic E-state index is 0.0342. The highest BCUT2D eigenvalue weighted by molar-refractivity contribution is 5.37. The molecule has 0 unspecified atom stereocenters. The number of aliphatic hydroxyl groups is 1. The third-order valence-electron chi connectivity index (χ3n) is 2.54. The molecule has 2 rings (SSSR count). The number of ether oxygens (including phenoxy) is 1. The first-order valence-electron chi connectivity index (χ1n) is 5.96. The highest BCUT2D eigenvalue weighted by Gasteiger charge is 2.09. The number of aliphatic hydroxyl groups excluding tert-OH is 1. The van der Waals surface area contributed by atoms with E-state index in [4.69, 9.17) is 9.84 Å². The van der Waals surface area contributed by atoms with Crippen molar-refractivity contribution in [2.75, 3.05) is 6.61 Å². The first-order chi connectivity index (χ1) is 9.70. The van der Waals surface area contributed by atoms with Crippen LogP contribution in [0.15, 0.2) is 42.5 Å². The summed E-state index contributed by atoms with van der Waals surface area (Å²) >= 11 is 0. The molecule has 2 nitrogen and oxygen atoms in total. The lowest BCUT2D eigenvalue weighted by atomic mass is 10.1. The van der Waals surface area contributed by atoms with E-state index >= 15 is 0 Å². The minimum atomic E-state index is -0.735. The Morgan fingerprint density at radius 1 is 1.05 bits per heavy atom. The minimum Gasteiger partial charge on any atom is -0.483 e. The van der Waals surface area contributed by atoms with Gasteiger partial charge in [0.2, 0.25) is 0 Å². The monoisotopic (exact) mass is 274 g/mol. The molecule has 102 valence electrons. The van der Waals surface area contributed by atoms with Gasteiger partial charge in [-0.3, -0.25) is 0 Å². The number of halogens is 2. The van der Waals surface area contributed by atoms with Crippen LogP contribution in [-0.4, -0.2) is 11.7 Å². The van der Waals surface area contributed by atoms with E-state index in [2.05, 4.69) is 11.8 Å². The molecular weight excluding hydrogens is 262 g/mol. The Kier molecular flexibility index (Phi) is 4.70. The summed E-state index contributed by atoms with van der Waals surface area (Å²) in [6.45, 7) is -0.187. The molecule has 0 saturated heterocycles. The lowest BCUT2D eigenvalue weighted by molar-refractivity contribution is 0.274. The van der Waals surface area contributed by atoms with Crippen LogP contribution in [-0.2, 0) is 6.61 Å². The zero-order valence-electron chi connectivity index (χ0n) is 10.6. The smallest absolute Gasteiger partial charge is 0.191 e. The number of benzene rings is 2. The molecule has 20 heavy (non-hydrogen) atoms. The molecular formula is C16H12F2O2. The lowest BCUT2D eigenvalue weighted by Crippen LogP contribution is -2.00. The molecule has 0 aromatic heterocycles. The van der Waals surface area contributed by atoms with Gasteiger partial charge in [0.1, 0.15) is 13.2 Å². The maximum Gasteiger partial charge on any atom is 0.191 e. The molecule has 0 amide bonds. The van der Waals surface area contributed by atoms with Crippen LogP contribution in [0.5, 0.6) is 5.75 Å². The molecule has 0 atom stereocenters. The summed E-state index contributed by atoms with van der Waals surface area (Å²) in [4.78, 5) is 0. The van der Waals surface area contributed by atoms with Crippen molar-refractivity contribution in [3.63, 3.8) is 0 Å². The molecule has 0 heterocycles. The Hall–Kier alpha value is -2.38.